The molecule has 0 atom stereocenters. The minimum Gasteiger partial charge on any atom is -0.507 e. The first-order valence-electron chi connectivity index (χ1n) is 9.55. The topological polar surface area (TPSA) is 127 Å². The Morgan fingerprint density at radius 1 is 0.938 bits per heavy atom. The molecule has 8 nitrogen and oxygen atoms in total. The molecule has 4 aromatic rings. The van der Waals surface area contributed by atoms with Crippen molar-refractivity contribution in [3.8, 4) is 33.9 Å². The zero-order valence-corrected chi connectivity index (χ0v) is 17.9. The molecule has 0 aliphatic carbocycles. The van der Waals surface area contributed by atoms with E-state index in [9.17, 15) is 13.5 Å². The molecule has 0 saturated carbocycles. The predicted molar refractivity (Wildman–Crippen MR) is 123 cm³/mol. The number of ether oxygens (including phenoxy) is 1. The number of anilines is 2. The lowest BCUT2D eigenvalue weighted by Crippen LogP contribution is -2.15. The van der Waals surface area contributed by atoms with Gasteiger partial charge >= 0.3 is 0 Å². The number of nitrogens with one attached hydrogen (secondary N) is 1. The third-order valence-corrected chi connectivity index (χ3v) is 6.11. The van der Waals surface area contributed by atoms with Crippen molar-refractivity contribution in [2.75, 3.05) is 17.6 Å². The number of rotatable bonds is 6. The molecule has 32 heavy (non-hydrogen) atoms. The molecule has 0 unspecified atom stereocenters. The van der Waals surface area contributed by atoms with E-state index in [1.54, 1.807) is 37.4 Å². The zero-order chi connectivity index (χ0) is 22.7. The average Bonchev–Trinajstić information content (AvgIpc) is 2.79. The summed E-state index contributed by atoms with van der Waals surface area (Å²) in [4.78, 5) is 8.66. The van der Waals surface area contributed by atoms with Gasteiger partial charge in [-0.25, -0.2) is 23.1 Å². The first-order chi connectivity index (χ1) is 15.4. The Bertz CT molecular complexity index is 1360. The van der Waals surface area contributed by atoms with E-state index < -0.39 is 10.0 Å². The highest BCUT2D eigenvalue weighted by Crippen LogP contribution is 2.36. The standard InChI is InChI=1S/C23H20N4O4S/c1-31-17-10-6-15(7-11-17)20-14-25-23(26-22(20)19-4-2-3-5-21(19)28)27-32(29,30)18-12-8-16(24)9-13-18/h2-14,28H,24H2,1H3,(H,25,26,27). The second kappa shape index (κ2) is 8.56. The molecule has 0 saturated heterocycles. The number of nitrogens with zero attached hydrogens (tertiary/aromatic N) is 2. The lowest BCUT2D eigenvalue weighted by molar-refractivity contribution is 0.415. The third-order valence-electron chi connectivity index (χ3n) is 4.77. The molecule has 0 bridgehead atoms. The maximum Gasteiger partial charge on any atom is 0.264 e. The van der Waals surface area contributed by atoms with Gasteiger partial charge in [-0.2, -0.15) is 0 Å². The minimum atomic E-state index is -3.94. The molecule has 0 spiro atoms. The largest absolute Gasteiger partial charge is 0.507 e. The summed E-state index contributed by atoms with van der Waals surface area (Å²) in [5, 5.41) is 10.4. The molecular weight excluding hydrogens is 428 g/mol. The summed E-state index contributed by atoms with van der Waals surface area (Å²) in [5.74, 6) is 0.567. The van der Waals surface area contributed by atoms with Crippen molar-refractivity contribution < 1.29 is 18.3 Å². The van der Waals surface area contributed by atoms with E-state index in [1.165, 1.54) is 36.5 Å². The molecule has 4 N–H and O–H groups in total. The molecule has 0 aliphatic heterocycles. The van der Waals surface area contributed by atoms with Gasteiger partial charge in [-0.3, -0.25) is 0 Å². The number of phenolic OH excluding ortho intramolecular Hbond substituents is 1. The zero-order valence-electron chi connectivity index (χ0n) is 17.1. The molecule has 3 aromatic carbocycles. The Morgan fingerprint density at radius 2 is 1.62 bits per heavy atom. The highest BCUT2D eigenvalue weighted by atomic mass is 32.2. The quantitative estimate of drug-likeness (QED) is 0.382. The van der Waals surface area contributed by atoms with Crippen LogP contribution in [0.1, 0.15) is 0 Å². The fourth-order valence-electron chi connectivity index (χ4n) is 3.12. The summed E-state index contributed by atoms with van der Waals surface area (Å²) in [6.45, 7) is 0. The van der Waals surface area contributed by atoms with Crippen LogP contribution in [0.25, 0.3) is 22.4 Å². The van der Waals surface area contributed by atoms with Crippen molar-refractivity contribution in [1.29, 1.82) is 0 Å². The van der Waals surface area contributed by atoms with Gasteiger partial charge in [0, 0.05) is 23.0 Å². The maximum absolute atomic E-state index is 12.8. The molecule has 0 radical (unpaired) electrons. The first-order valence-corrected chi connectivity index (χ1v) is 11.0. The summed E-state index contributed by atoms with van der Waals surface area (Å²) in [6.07, 6.45) is 1.51. The predicted octanol–water partition coefficient (Wildman–Crippen LogP) is 3.91. The molecule has 4 rings (SSSR count). The molecular formula is C23H20N4O4S. The lowest BCUT2D eigenvalue weighted by Gasteiger charge is -2.13. The van der Waals surface area contributed by atoms with Crippen LogP contribution in [0.3, 0.4) is 0 Å². The number of benzene rings is 3. The molecule has 9 heteroatoms. The van der Waals surface area contributed by atoms with Crippen molar-refractivity contribution >= 4 is 21.7 Å². The van der Waals surface area contributed by atoms with Crippen LogP contribution in [0, 0.1) is 0 Å². The second-order valence-electron chi connectivity index (χ2n) is 6.88. The molecule has 0 aliphatic rings. The van der Waals surface area contributed by atoms with E-state index in [0.29, 0.717) is 28.3 Å². The summed E-state index contributed by atoms with van der Waals surface area (Å²) >= 11 is 0. The van der Waals surface area contributed by atoms with E-state index >= 15 is 0 Å². The monoisotopic (exact) mass is 448 g/mol. The highest BCUT2D eigenvalue weighted by Gasteiger charge is 2.19. The van der Waals surface area contributed by atoms with Crippen molar-refractivity contribution in [1.82, 2.24) is 9.97 Å². The Hall–Kier alpha value is -4.11. The normalized spacial score (nSPS) is 11.2. The summed E-state index contributed by atoms with van der Waals surface area (Å²) < 4.78 is 33.1. The highest BCUT2D eigenvalue weighted by molar-refractivity contribution is 7.92. The van der Waals surface area contributed by atoms with Crippen LogP contribution in [0.4, 0.5) is 11.6 Å². The van der Waals surface area contributed by atoms with Crippen LogP contribution in [0.15, 0.2) is 83.9 Å². The number of nitrogens with two attached hydrogens (primary N) is 1. The smallest absolute Gasteiger partial charge is 0.264 e. The Balaban J connectivity index is 1.80. The van der Waals surface area contributed by atoms with Crippen molar-refractivity contribution in [2.45, 2.75) is 4.90 Å². The summed E-state index contributed by atoms with van der Waals surface area (Å²) in [7, 11) is -2.36. The van der Waals surface area contributed by atoms with Gasteiger partial charge in [-0.1, -0.05) is 24.3 Å². The fourth-order valence-corrected chi connectivity index (χ4v) is 4.07. The third kappa shape index (κ3) is 4.33. The summed E-state index contributed by atoms with van der Waals surface area (Å²) in [5.41, 5.74) is 8.29. The number of phenols is 1. The molecule has 0 amide bonds. The van der Waals surface area contributed by atoms with Crippen molar-refractivity contribution in [2.24, 2.45) is 0 Å². The van der Waals surface area contributed by atoms with Gasteiger partial charge in [-0.15, -0.1) is 0 Å². The molecule has 1 aromatic heterocycles. The van der Waals surface area contributed by atoms with Crippen LogP contribution < -0.4 is 15.2 Å². The molecule has 162 valence electrons. The van der Waals surface area contributed by atoms with E-state index in [-0.39, 0.29) is 16.6 Å². The SMILES string of the molecule is COc1ccc(-c2cnc(NS(=O)(=O)c3ccc(N)cc3)nc2-c2ccccc2O)cc1. The van der Waals surface area contributed by atoms with Crippen molar-refractivity contribution in [3.63, 3.8) is 0 Å². The number of nitrogen functional groups attached to an aromatic ring is 1. The van der Waals surface area contributed by atoms with Gasteiger partial charge < -0.3 is 15.6 Å². The van der Waals surface area contributed by atoms with Gasteiger partial charge in [0.05, 0.1) is 17.7 Å². The number of methoxy groups -OCH3 is 1. The molecule has 1 heterocycles. The van der Waals surface area contributed by atoms with E-state index in [2.05, 4.69) is 14.7 Å². The minimum absolute atomic E-state index is 0.00769. The van der Waals surface area contributed by atoms with Gasteiger partial charge in [0.15, 0.2) is 0 Å². The Labute approximate surface area is 185 Å². The average molecular weight is 449 g/mol. The van der Waals surface area contributed by atoms with Gasteiger partial charge in [0.2, 0.25) is 5.95 Å². The van der Waals surface area contributed by atoms with E-state index in [4.69, 9.17) is 10.5 Å². The van der Waals surface area contributed by atoms with E-state index in [0.717, 1.165) is 5.56 Å². The lowest BCUT2D eigenvalue weighted by atomic mass is 10.00. The number of aromatic hydroxyl groups is 1. The number of hydrogen-bond donors (Lipinski definition) is 3. The Morgan fingerprint density at radius 3 is 2.28 bits per heavy atom. The van der Waals surface area contributed by atoms with Crippen molar-refractivity contribution in [3.05, 3.63) is 79.0 Å². The van der Waals surface area contributed by atoms with Gasteiger partial charge in [-0.05, 0) is 54.1 Å². The maximum atomic E-state index is 12.8. The van der Waals surface area contributed by atoms with Gasteiger partial charge in [0.1, 0.15) is 11.5 Å². The Kier molecular flexibility index (Phi) is 5.65. The van der Waals surface area contributed by atoms with Crippen LogP contribution in [-0.4, -0.2) is 30.6 Å². The fraction of sp³-hybridized carbons (Fsp3) is 0.0435. The van der Waals surface area contributed by atoms with Crippen LogP contribution in [-0.2, 0) is 10.0 Å². The van der Waals surface area contributed by atoms with Crippen LogP contribution in [0.5, 0.6) is 11.5 Å². The number of sulfonamides is 1. The summed E-state index contributed by atoms with van der Waals surface area (Å²) in [6, 6.07) is 19.7. The first kappa shape index (κ1) is 21.1. The van der Waals surface area contributed by atoms with Gasteiger partial charge in [0.25, 0.3) is 10.0 Å². The molecule has 0 fully saturated rings. The number of aromatic nitrogens is 2. The van der Waals surface area contributed by atoms with Crippen LogP contribution >= 0.6 is 0 Å². The van der Waals surface area contributed by atoms with E-state index in [1.807, 2.05) is 12.1 Å². The second-order valence-corrected chi connectivity index (χ2v) is 8.56. The van der Waals surface area contributed by atoms with Crippen LogP contribution in [0.2, 0.25) is 0 Å². The number of para-hydroxylation sites is 1. The number of hydrogen-bond acceptors (Lipinski definition) is 7.